The van der Waals surface area contributed by atoms with Gasteiger partial charge in [0.25, 0.3) is 0 Å². The maximum atomic E-state index is 4.48. The summed E-state index contributed by atoms with van der Waals surface area (Å²) in [4.78, 5) is 2.58. The molecule has 17 heavy (non-hydrogen) atoms. The fourth-order valence-electron chi connectivity index (χ4n) is 3.26. The zero-order valence-electron chi connectivity index (χ0n) is 10.9. The molecule has 0 aromatic carbocycles. The van der Waals surface area contributed by atoms with Crippen LogP contribution in [-0.2, 0) is 13.0 Å². The van der Waals surface area contributed by atoms with Crippen LogP contribution in [0.4, 0.5) is 0 Å². The first-order chi connectivity index (χ1) is 8.27. The van der Waals surface area contributed by atoms with Crippen molar-refractivity contribution in [3.05, 3.63) is 11.6 Å². The number of rotatable bonds is 2. The van der Waals surface area contributed by atoms with E-state index in [4.69, 9.17) is 0 Å². The van der Waals surface area contributed by atoms with Crippen LogP contribution < -0.4 is 0 Å². The molecule has 1 unspecified atom stereocenters. The van der Waals surface area contributed by atoms with Crippen molar-refractivity contribution in [2.24, 2.45) is 0 Å². The highest BCUT2D eigenvalue weighted by atomic mass is 15.3. The van der Waals surface area contributed by atoms with Gasteiger partial charge in [-0.15, -0.1) is 10.2 Å². The number of nitrogens with zero attached hydrogens (tertiary/aromatic N) is 4. The van der Waals surface area contributed by atoms with E-state index in [1.165, 1.54) is 43.9 Å². The van der Waals surface area contributed by atoms with Gasteiger partial charge in [0, 0.05) is 19.0 Å². The van der Waals surface area contributed by atoms with Crippen molar-refractivity contribution < 1.29 is 0 Å². The van der Waals surface area contributed by atoms with Crippen molar-refractivity contribution >= 4 is 0 Å². The Bertz CT molecular complexity index is 396. The quantitative estimate of drug-likeness (QED) is 0.786. The maximum absolute atomic E-state index is 4.48. The summed E-state index contributed by atoms with van der Waals surface area (Å²) in [6.07, 6.45) is 6.21. The van der Waals surface area contributed by atoms with Crippen LogP contribution in [0, 0.1) is 0 Å². The van der Waals surface area contributed by atoms with Gasteiger partial charge in [-0.3, -0.25) is 4.90 Å². The largest absolute Gasteiger partial charge is 0.314 e. The molecule has 1 atom stereocenters. The zero-order valence-corrected chi connectivity index (χ0v) is 10.9. The summed E-state index contributed by atoms with van der Waals surface area (Å²) in [6, 6.07) is 1.12. The lowest BCUT2D eigenvalue weighted by atomic mass is 10.1. The van der Waals surface area contributed by atoms with E-state index in [1.807, 2.05) is 0 Å². The average Bonchev–Trinajstić information content (AvgIpc) is 2.94. The Morgan fingerprint density at radius 1 is 1.12 bits per heavy atom. The van der Waals surface area contributed by atoms with Crippen LogP contribution in [0.15, 0.2) is 0 Å². The highest BCUT2D eigenvalue weighted by Crippen LogP contribution is 2.33. The van der Waals surface area contributed by atoms with Crippen LogP contribution in [0.3, 0.4) is 0 Å². The number of aryl methyl sites for hydroxylation is 1. The summed E-state index contributed by atoms with van der Waals surface area (Å²) < 4.78 is 2.38. The van der Waals surface area contributed by atoms with Gasteiger partial charge >= 0.3 is 0 Å². The summed E-state index contributed by atoms with van der Waals surface area (Å²) in [7, 11) is 0. The predicted molar refractivity (Wildman–Crippen MR) is 66.8 cm³/mol. The molecule has 1 aromatic heterocycles. The third kappa shape index (κ3) is 1.88. The Hall–Kier alpha value is -0.900. The number of fused-ring (bicyclic) bond motifs is 1. The Kier molecular flexibility index (Phi) is 2.90. The number of likely N-dealkylation sites (tertiary alicyclic amines) is 1. The first-order valence-electron chi connectivity index (χ1n) is 6.95. The minimum Gasteiger partial charge on any atom is -0.314 e. The molecule has 4 nitrogen and oxygen atoms in total. The van der Waals surface area contributed by atoms with Crippen molar-refractivity contribution in [1.29, 1.82) is 0 Å². The summed E-state index contributed by atoms with van der Waals surface area (Å²) in [5, 5.41) is 8.87. The molecule has 0 spiro atoms. The molecule has 2 aliphatic heterocycles. The van der Waals surface area contributed by atoms with Crippen LogP contribution >= 0.6 is 0 Å². The van der Waals surface area contributed by atoms with E-state index in [-0.39, 0.29) is 0 Å². The minimum atomic E-state index is 0.509. The van der Waals surface area contributed by atoms with Crippen LogP contribution in [0.1, 0.15) is 57.2 Å². The van der Waals surface area contributed by atoms with E-state index in [9.17, 15) is 0 Å². The smallest absolute Gasteiger partial charge is 0.150 e. The summed E-state index contributed by atoms with van der Waals surface area (Å²) >= 11 is 0. The van der Waals surface area contributed by atoms with E-state index >= 15 is 0 Å². The standard InChI is InChI=1S/C13H22N4/c1-10(2)16-9-5-6-11(16)13-15-14-12-7-3-4-8-17(12)13/h10-11H,3-9H2,1-2H3. The van der Waals surface area contributed by atoms with E-state index in [0.717, 1.165) is 13.0 Å². The van der Waals surface area contributed by atoms with Gasteiger partial charge in [0.1, 0.15) is 11.6 Å². The second-order valence-electron chi connectivity index (χ2n) is 5.57. The summed E-state index contributed by atoms with van der Waals surface area (Å²) in [5.41, 5.74) is 0. The molecule has 0 aliphatic carbocycles. The predicted octanol–water partition coefficient (Wildman–Crippen LogP) is 2.16. The third-order valence-corrected chi connectivity index (χ3v) is 4.14. The van der Waals surface area contributed by atoms with Gasteiger partial charge in [0.05, 0.1) is 6.04 Å². The van der Waals surface area contributed by atoms with Crippen molar-refractivity contribution in [1.82, 2.24) is 19.7 Å². The summed E-state index contributed by atoms with van der Waals surface area (Å²) in [5.74, 6) is 2.44. The van der Waals surface area contributed by atoms with Crippen LogP contribution in [0.2, 0.25) is 0 Å². The molecule has 94 valence electrons. The van der Waals surface area contributed by atoms with E-state index in [1.54, 1.807) is 0 Å². The second-order valence-corrected chi connectivity index (χ2v) is 5.57. The second kappa shape index (κ2) is 4.41. The van der Waals surface area contributed by atoms with Gasteiger partial charge < -0.3 is 4.57 Å². The van der Waals surface area contributed by atoms with Crippen LogP contribution in [0.5, 0.6) is 0 Å². The molecule has 0 saturated carbocycles. The molecule has 3 heterocycles. The number of hydrogen-bond donors (Lipinski definition) is 0. The van der Waals surface area contributed by atoms with E-state index in [2.05, 4.69) is 33.5 Å². The Morgan fingerprint density at radius 2 is 2.00 bits per heavy atom. The molecule has 1 aromatic rings. The normalized spacial score (nSPS) is 25.5. The first kappa shape index (κ1) is 11.2. The Labute approximate surface area is 103 Å². The van der Waals surface area contributed by atoms with Crippen LogP contribution in [0.25, 0.3) is 0 Å². The molecule has 0 bridgehead atoms. The minimum absolute atomic E-state index is 0.509. The molecule has 0 amide bonds. The van der Waals surface area contributed by atoms with Crippen molar-refractivity contribution in [2.45, 2.75) is 64.6 Å². The highest BCUT2D eigenvalue weighted by Gasteiger charge is 2.32. The van der Waals surface area contributed by atoms with Gasteiger partial charge in [-0.2, -0.15) is 0 Å². The third-order valence-electron chi connectivity index (χ3n) is 4.14. The number of aromatic nitrogens is 3. The average molecular weight is 234 g/mol. The fourth-order valence-corrected chi connectivity index (χ4v) is 3.26. The van der Waals surface area contributed by atoms with Gasteiger partial charge in [0.2, 0.25) is 0 Å². The molecule has 3 rings (SSSR count). The lowest BCUT2D eigenvalue weighted by molar-refractivity contribution is 0.193. The lowest BCUT2D eigenvalue weighted by Gasteiger charge is -2.28. The Balaban J connectivity index is 1.90. The monoisotopic (exact) mass is 234 g/mol. The maximum Gasteiger partial charge on any atom is 0.150 e. The highest BCUT2D eigenvalue weighted by molar-refractivity contribution is 5.06. The fraction of sp³-hybridized carbons (Fsp3) is 0.846. The molecule has 0 N–H and O–H groups in total. The van der Waals surface area contributed by atoms with E-state index < -0.39 is 0 Å². The van der Waals surface area contributed by atoms with Gasteiger partial charge in [-0.1, -0.05) is 0 Å². The molecule has 0 radical (unpaired) electrons. The van der Waals surface area contributed by atoms with Crippen molar-refractivity contribution in [3.63, 3.8) is 0 Å². The van der Waals surface area contributed by atoms with Crippen molar-refractivity contribution in [3.8, 4) is 0 Å². The summed E-state index contributed by atoms with van der Waals surface area (Å²) in [6.45, 7) is 6.90. The molecular weight excluding hydrogens is 212 g/mol. The molecular formula is C13H22N4. The van der Waals surface area contributed by atoms with Gasteiger partial charge in [0.15, 0.2) is 0 Å². The molecule has 2 aliphatic rings. The topological polar surface area (TPSA) is 34.0 Å². The SMILES string of the molecule is CC(C)N1CCCC1c1nnc2n1CCCC2. The van der Waals surface area contributed by atoms with E-state index in [0.29, 0.717) is 12.1 Å². The van der Waals surface area contributed by atoms with Crippen LogP contribution in [-0.4, -0.2) is 32.3 Å². The first-order valence-corrected chi connectivity index (χ1v) is 6.95. The lowest BCUT2D eigenvalue weighted by Crippen LogP contribution is -2.32. The van der Waals surface area contributed by atoms with Gasteiger partial charge in [-0.25, -0.2) is 0 Å². The molecule has 4 heteroatoms. The number of hydrogen-bond acceptors (Lipinski definition) is 3. The van der Waals surface area contributed by atoms with Gasteiger partial charge in [-0.05, 0) is 46.1 Å². The Morgan fingerprint density at radius 3 is 2.82 bits per heavy atom. The molecule has 1 fully saturated rings. The zero-order chi connectivity index (χ0) is 11.8. The molecule has 1 saturated heterocycles. The van der Waals surface area contributed by atoms with Crippen molar-refractivity contribution in [2.75, 3.05) is 6.54 Å².